The SMILES string of the molecule is Cc1ccnc(NCC(O)C2CC2)c1C#N. The van der Waals surface area contributed by atoms with Crippen LogP contribution in [-0.4, -0.2) is 22.7 Å². The highest BCUT2D eigenvalue weighted by Gasteiger charge is 2.29. The predicted octanol–water partition coefficient (Wildman–Crippen LogP) is 1.44. The Hall–Kier alpha value is -1.60. The van der Waals surface area contributed by atoms with Crippen molar-refractivity contribution < 1.29 is 5.11 Å². The predicted molar refractivity (Wildman–Crippen MR) is 60.9 cm³/mol. The number of anilines is 1. The van der Waals surface area contributed by atoms with Crippen LogP contribution in [0.25, 0.3) is 0 Å². The van der Waals surface area contributed by atoms with Gasteiger partial charge in [0.05, 0.1) is 11.7 Å². The Morgan fingerprint density at radius 2 is 2.44 bits per heavy atom. The fourth-order valence-corrected chi connectivity index (χ4v) is 1.68. The maximum Gasteiger partial charge on any atom is 0.144 e. The summed E-state index contributed by atoms with van der Waals surface area (Å²) in [6.45, 7) is 2.35. The summed E-state index contributed by atoms with van der Waals surface area (Å²) in [5.74, 6) is 1.00. The molecule has 2 N–H and O–H groups in total. The van der Waals surface area contributed by atoms with Crippen LogP contribution in [0.1, 0.15) is 24.0 Å². The second-order valence-corrected chi connectivity index (χ2v) is 4.25. The van der Waals surface area contributed by atoms with E-state index in [0.29, 0.717) is 23.8 Å². The highest BCUT2D eigenvalue weighted by Crippen LogP contribution is 2.32. The molecule has 1 heterocycles. The van der Waals surface area contributed by atoms with E-state index in [-0.39, 0.29) is 6.10 Å². The molecule has 1 aromatic rings. The van der Waals surface area contributed by atoms with Crippen molar-refractivity contribution in [1.82, 2.24) is 4.98 Å². The van der Waals surface area contributed by atoms with Crippen LogP contribution >= 0.6 is 0 Å². The highest BCUT2D eigenvalue weighted by atomic mass is 16.3. The molecule has 1 saturated carbocycles. The molecule has 0 aliphatic heterocycles. The van der Waals surface area contributed by atoms with E-state index < -0.39 is 0 Å². The lowest BCUT2D eigenvalue weighted by atomic mass is 10.1. The van der Waals surface area contributed by atoms with Crippen LogP contribution in [0.3, 0.4) is 0 Å². The van der Waals surface area contributed by atoms with E-state index in [0.717, 1.165) is 18.4 Å². The van der Waals surface area contributed by atoms with Gasteiger partial charge in [0.1, 0.15) is 11.9 Å². The molecular weight excluding hydrogens is 202 g/mol. The van der Waals surface area contributed by atoms with Crippen molar-refractivity contribution >= 4 is 5.82 Å². The van der Waals surface area contributed by atoms with Gasteiger partial charge in [-0.25, -0.2) is 4.98 Å². The molecule has 16 heavy (non-hydrogen) atoms. The maximum absolute atomic E-state index is 9.71. The van der Waals surface area contributed by atoms with Gasteiger partial charge in [-0.2, -0.15) is 5.26 Å². The van der Waals surface area contributed by atoms with Crippen molar-refractivity contribution in [1.29, 1.82) is 5.26 Å². The number of hydrogen-bond donors (Lipinski definition) is 2. The molecule has 4 nitrogen and oxygen atoms in total. The third-order valence-electron chi connectivity index (χ3n) is 2.92. The monoisotopic (exact) mass is 217 g/mol. The van der Waals surface area contributed by atoms with E-state index in [1.54, 1.807) is 12.3 Å². The molecule has 1 aliphatic rings. The molecule has 84 valence electrons. The van der Waals surface area contributed by atoms with Crippen LogP contribution in [0, 0.1) is 24.2 Å². The fourth-order valence-electron chi connectivity index (χ4n) is 1.68. The first-order valence-corrected chi connectivity index (χ1v) is 5.50. The Kier molecular flexibility index (Phi) is 3.07. The highest BCUT2D eigenvalue weighted by molar-refractivity contribution is 5.55. The van der Waals surface area contributed by atoms with Gasteiger partial charge in [0.2, 0.25) is 0 Å². The average molecular weight is 217 g/mol. The van der Waals surface area contributed by atoms with Crippen molar-refractivity contribution in [3.8, 4) is 6.07 Å². The van der Waals surface area contributed by atoms with Crippen molar-refractivity contribution in [3.63, 3.8) is 0 Å². The Morgan fingerprint density at radius 1 is 1.69 bits per heavy atom. The average Bonchev–Trinajstić information content (AvgIpc) is 3.09. The van der Waals surface area contributed by atoms with E-state index in [2.05, 4.69) is 16.4 Å². The number of nitrogens with zero attached hydrogens (tertiary/aromatic N) is 2. The topological polar surface area (TPSA) is 68.9 Å². The number of nitriles is 1. The molecule has 0 radical (unpaired) electrons. The van der Waals surface area contributed by atoms with Gasteiger partial charge in [-0.1, -0.05) is 0 Å². The Labute approximate surface area is 94.9 Å². The van der Waals surface area contributed by atoms with Gasteiger partial charge in [-0.15, -0.1) is 0 Å². The van der Waals surface area contributed by atoms with Crippen molar-refractivity contribution in [2.75, 3.05) is 11.9 Å². The zero-order chi connectivity index (χ0) is 11.5. The first-order valence-electron chi connectivity index (χ1n) is 5.50. The quantitative estimate of drug-likeness (QED) is 0.800. The minimum atomic E-state index is -0.325. The molecule has 1 unspecified atom stereocenters. The van der Waals surface area contributed by atoms with E-state index in [1.807, 2.05) is 6.92 Å². The number of aryl methyl sites for hydroxylation is 1. The molecule has 1 aromatic heterocycles. The van der Waals surface area contributed by atoms with E-state index >= 15 is 0 Å². The summed E-state index contributed by atoms with van der Waals surface area (Å²) in [6.07, 6.45) is 3.56. The summed E-state index contributed by atoms with van der Waals surface area (Å²) < 4.78 is 0. The lowest BCUT2D eigenvalue weighted by Crippen LogP contribution is -2.22. The molecule has 1 aliphatic carbocycles. The molecule has 2 rings (SSSR count). The smallest absolute Gasteiger partial charge is 0.144 e. The van der Waals surface area contributed by atoms with Crippen LogP contribution in [0.15, 0.2) is 12.3 Å². The first kappa shape index (κ1) is 10.9. The minimum absolute atomic E-state index is 0.325. The minimum Gasteiger partial charge on any atom is -0.391 e. The lowest BCUT2D eigenvalue weighted by molar-refractivity contribution is 0.164. The van der Waals surface area contributed by atoms with Crippen molar-refractivity contribution in [3.05, 3.63) is 23.4 Å². The molecule has 0 bridgehead atoms. The van der Waals surface area contributed by atoms with E-state index in [9.17, 15) is 5.11 Å². The van der Waals surface area contributed by atoms with Gasteiger partial charge in [0.25, 0.3) is 0 Å². The molecule has 1 atom stereocenters. The standard InChI is InChI=1S/C12H15N3O/c1-8-4-5-14-12(10(8)6-13)15-7-11(16)9-2-3-9/h4-5,9,11,16H,2-3,7H2,1H3,(H,14,15). The number of aromatic nitrogens is 1. The van der Waals surface area contributed by atoms with Crippen LogP contribution in [-0.2, 0) is 0 Å². The number of aliphatic hydroxyl groups excluding tert-OH is 1. The molecule has 0 amide bonds. The summed E-state index contributed by atoms with van der Waals surface area (Å²) in [4.78, 5) is 4.12. The summed E-state index contributed by atoms with van der Waals surface area (Å²) in [5.41, 5.74) is 1.46. The Balaban J connectivity index is 2.03. The van der Waals surface area contributed by atoms with Gasteiger partial charge in [-0.05, 0) is 37.3 Å². The lowest BCUT2D eigenvalue weighted by Gasteiger charge is -2.12. The first-order chi connectivity index (χ1) is 7.72. The largest absolute Gasteiger partial charge is 0.391 e. The third-order valence-corrected chi connectivity index (χ3v) is 2.92. The van der Waals surface area contributed by atoms with Crippen LogP contribution < -0.4 is 5.32 Å². The molecule has 0 saturated heterocycles. The van der Waals surface area contributed by atoms with Gasteiger partial charge in [0, 0.05) is 12.7 Å². The number of hydrogen-bond acceptors (Lipinski definition) is 4. The zero-order valence-electron chi connectivity index (χ0n) is 9.27. The Morgan fingerprint density at radius 3 is 3.06 bits per heavy atom. The third kappa shape index (κ3) is 2.31. The molecular formula is C12H15N3O. The molecule has 4 heteroatoms. The fraction of sp³-hybridized carbons (Fsp3) is 0.500. The number of aliphatic hydroxyl groups is 1. The summed E-state index contributed by atoms with van der Waals surface area (Å²) in [7, 11) is 0. The summed E-state index contributed by atoms with van der Waals surface area (Å²) in [5, 5.41) is 21.7. The summed E-state index contributed by atoms with van der Waals surface area (Å²) in [6, 6.07) is 3.93. The van der Waals surface area contributed by atoms with Gasteiger partial charge < -0.3 is 10.4 Å². The van der Waals surface area contributed by atoms with Crippen LogP contribution in [0.5, 0.6) is 0 Å². The van der Waals surface area contributed by atoms with Gasteiger partial charge in [0.15, 0.2) is 0 Å². The molecule has 0 spiro atoms. The second kappa shape index (κ2) is 4.50. The normalized spacial score (nSPS) is 16.6. The number of rotatable bonds is 4. The van der Waals surface area contributed by atoms with Gasteiger partial charge >= 0.3 is 0 Å². The second-order valence-electron chi connectivity index (χ2n) is 4.25. The number of nitrogens with one attached hydrogen (secondary N) is 1. The van der Waals surface area contributed by atoms with Crippen LogP contribution in [0.4, 0.5) is 5.82 Å². The van der Waals surface area contributed by atoms with E-state index in [4.69, 9.17) is 5.26 Å². The van der Waals surface area contributed by atoms with Gasteiger partial charge in [-0.3, -0.25) is 0 Å². The molecule has 0 aromatic carbocycles. The maximum atomic E-state index is 9.71. The number of pyridine rings is 1. The zero-order valence-corrected chi connectivity index (χ0v) is 9.27. The van der Waals surface area contributed by atoms with Crippen molar-refractivity contribution in [2.45, 2.75) is 25.9 Å². The molecule has 1 fully saturated rings. The van der Waals surface area contributed by atoms with Crippen molar-refractivity contribution in [2.24, 2.45) is 5.92 Å². The summed E-state index contributed by atoms with van der Waals surface area (Å²) >= 11 is 0. The van der Waals surface area contributed by atoms with E-state index in [1.165, 1.54) is 0 Å². The van der Waals surface area contributed by atoms with Crippen LogP contribution in [0.2, 0.25) is 0 Å². The Bertz CT molecular complexity index is 421.